The molecule has 126 valence electrons. The average molecular weight is 356 g/mol. The number of nitrogens with zero attached hydrogens (tertiary/aromatic N) is 1. The fraction of sp³-hybridized carbons (Fsp3) is 0.529. The summed E-state index contributed by atoms with van der Waals surface area (Å²) in [7, 11) is 1.36. The molecule has 1 amide bonds. The Bertz CT molecular complexity index is 567. The van der Waals surface area contributed by atoms with Crippen molar-refractivity contribution >= 4 is 35.2 Å². The minimum atomic E-state index is -0.525. The van der Waals surface area contributed by atoms with Gasteiger partial charge < -0.3 is 9.64 Å². The van der Waals surface area contributed by atoms with E-state index in [2.05, 4.69) is 6.92 Å². The Morgan fingerprint density at radius 3 is 2.83 bits per heavy atom. The van der Waals surface area contributed by atoms with Crippen molar-refractivity contribution in [3.8, 4) is 0 Å². The number of ether oxygens (including phenoxy) is 1. The Balaban J connectivity index is 2.21. The number of carbonyl (C=O) groups excluding carboxylic acids is 2. The maximum absolute atomic E-state index is 12.9. The molecule has 0 N–H and O–H groups in total. The zero-order valence-electron chi connectivity index (χ0n) is 13.5. The van der Waals surface area contributed by atoms with E-state index in [4.69, 9.17) is 16.3 Å². The van der Waals surface area contributed by atoms with Gasteiger partial charge in [0.2, 0.25) is 0 Å². The monoisotopic (exact) mass is 355 g/mol. The van der Waals surface area contributed by atoms with Gasteiger partial charge in [-0.05, 0) is 24.6 Å². The van der Waals surface area contributed by atoms with E-state index in [9.17, 15) is 9.59 Å². The van der Waals surface area contributed by atoms with Gasteiger partial charge in [-0.25, -0.2) is 4.79 Å². The second kappa shape index (κ2) is 8.60. The molecule has 23 heavy (non-hydrogen) atoms. The van der Waals surface area contributed by atoms with Crippen molar-refractivity contribution in [3.05, 3.63) is 34.9 Å². The first-order valence-corrected chi connectivity index (χ1v) is 9.28. The minimum Gasteiger partial charge on any atom is -0.467 e. The van der Waals surface area contributed by atoms with Crippen molar-refractivity contribution in [1.29, 1.82) is 0 Å². The van der Waals surface area contributed by atoms with E-state index in [1.54, 1.807) is 40.9 Å². The summed E-state index contributed by atoms with van der Waals surface area (Å²) in [6, 6.07) is 6.33. The summed E-state index contributed by atoms with van der Waals surface area (Å²) in [6.45, 7) is 2.15. The number of hydrogen-bond acceptors (Lipinski definition) is 4. The maximum atomic E-state index is 12.9. The first kappa shape index (κ1) is 18.1. The van der Waals surface area contributed by atoms with Crippen molar-refractivity contribution in [2.24, 2.45) is 0 Å². The number of halogens is 1. The Morgan fingerprint density at radius 2 is 2.17 bits per heavy atom. The first-order chi connectivity index (χ1) is 11.1. The standard InChI is InChI=1S/C17H22ClNO3S/c1-3-4-5-9-15-19(14(11-23-15)17(21)22-2)16(20)12-7-6-8-13(18)10-12/h6-8,10,14-15H,3-5,9,11H2,1-2H3. The topological polar surface area (TPSA) is 46.6 Å². The summed E-state index contributed by atoms with van der Waals surface area (Å²) < 4.78 is 4.88. The fourth-order valence-electron chi connectivity index (χ4n) is 2.72. The van der Waals surface area contributed by atoms with Gasteiger partial charge in [0.15, 0.2) is 0 Å². The lowest BCUT2D eigenvalue weighted by molar-refractivity contribution is -0.145. The number of thioether (sulfide) groups is 1. The molecule has 6 heteroatoms. The molecule has 1 heterocycles. The summed E-state index contributed by atoms with van der Waals surface area (Å²) in [4.78, 5) is 26.6. The predicted molar refractivity (Wildman–Crippen MR) is 93.8 cm³/mol. The molecule has 2 rings (SSSR count). The van der Waals surface area contributed by atoms with Crippen molar-refractivity contribution in [3.63, 3.8) is 0 Å². The molecule has 0 spiro atoms. The van der Waals surface area contributed by atoms with E-state index in [0.717, 1.165) is 25.7 Å². The normalized spacial score (nSPS) is 20.6. The Kier molecular flexibility index (Phi) is 6.78. The summed E-state index contributed by atoms with van der Waals surface area (Å²) >= 11 is 7.64. The van der Waals surface area contributed by atoms with E-state index in [0.29, 0.717) is 16.3 Å². The van der Waals surface area contributed by atoms with E-state index in [1.165, 1.54) is 7.11 Å². The van der Waals surface area contributed by atoms with Crippen molar-refractivity contribution in [2.45, 2.75) is 44.0 Å². The van der Waals surface area contributed by atoms with Crippen LogP contribution in [-0.4, -0.2) is 41.1 Å². The molecule has 1 saturated heterocycles. The van der Waals surface area contributed by atoms with Gasteiger partial charge in [-0.1, -0.05) is 43.9 Å². The van der Waals surface area contributed by atoms with Crippen molar-refractivity contribution in [1.82, 2.24) is 4.90 Å². The highest BCUT2D eigenvalue weighted by Crippen LogP contribution is 2.34. The highest BCUT2D eigenvalue weighted by Gasteiger charge is 2.42. The SMILES string of the molecule is CCCCCC1SCC(C(=O)OC)N1C(=O)c1cccc(Cl)c1. The Hall–Kier alpha value is -1.20. The van der Waals surface area contributed by atoms with Gasteiger partial charge in [0, 0.05) is 16.3 Å². The summed E-state index contributed by atoms with van der Waals surface area (Å²) in [6.07, 6.45) is 4.18. The fourth-order valence-corrected chi connectivity index (χ4v) is 4.34. The Labute approximate surface area is 146 Å². The van der Waals surface area contributed by atoms with E-state index >= 15 is 0 Å². The quantitative estimate of drug-likeness (QED) is 0.572. The lowest BCUT2D eigenvalue weighted by Gasteiger charge is -2.28. The number of esters is 1. The van der Waals surface area contributed by atoms with Crippen LogP contribution in [0, 0.1) is 0 Å². The van der Waals surface area contributed by atoms with Crippen molar-refractivity contribution in [2.75, 3.05) is 12.9 Å². The number of methoxy groups -OCH3 is 1. The Morgan fingerprint density at radius 1 is 1.39 bits per heavy atom. The zero-order valence-corrected chi connectivity index (χ0v) is 15.0. The highest BCUT2D eigenvalue weighted by atomic mass is 35.5. The smallest absolute Gasteiger partial charge is 0.329 e. The summed E-state index contributed by atoms with van der Waals surface area (Å²) in [5, 5.41) is 0.525. The molecule has 0 aliphatic carbocycles. The highest BCUT2D eigenvalue weighted by molar-refractivity contribution is 8.00. The number of benzene rings is 1. The minimum absolute atomic E-state index is 0.0112. The second-order valence-corrected chi connectivity index (χ2v) is 7.19. The molecule has 1 aromatic rings. The third-order valence-corrected chi connectivity index (χ3v) is 5.52. The molecule has 0 radical (unpaired) electrons. The van der Waals surface area contributed by atoms with Gasteiger partial charge in [-0.15, -0.1) is 11.8 Å². The third-order valence-electron chi connectivity index (χ3n) is 3.93. The van der Waals surface area contributed by atoms with Gasteiger partial charge in [0.25, 0.3) is 5.91 Å². The van der Waals surface area contributed by atoms with Gasteiger partial charge >= 0.3 is 5.97 Å². The van der Waals surface area contributed by atoms with Crippen LogP contribution in [0.5, 0.6) is 0 Å². The molecule has 1 aromatic carbocycles. The van der Waals surface area contributed by atoms with Crippen LogP contribution in [0.2, 0.25) is 5.02 Å². The van der Waals surface area contributed by atoms with Crippen LogP contribution < -0.4 is 0 Å². The number of amides is 1. The van der Waals surface area contributed by atoms with Crippen LogP contribution in [0.3, 0.4) is 0 Å². The molecular weight excluding hydrogens is 334 g/mol. The van der Waals surface area contributed by atoms with Gasteiger partial charge in [0.1, 0.15) is 6.04 Å². The number of rotatable bonds is 6. The van der Waals surface area contributed by atoms with Crippen LogP contribution in [0.15, 0.2) is 24.3 Å². The largest absolute Gasteiger partial charge is 0.467 e. The van der Waals surface area contributed by atoms with Crippen LogP contribution >= 0.6 is 23.4 Å². The van der Waals surface area contributed by atoms with Gasteiger partial charge in [-0.3, -0.25) is 4.79 Å². The van der Waals surface area contributed by atoms with E-state index in [-0.39, 0.29) is 17.3 Å². The van der Waals surface area contributed by atoms with Crippen LogP contribution in [0.25, 0.3) is 0 Å². The lowest BCUT2D eigenvalue weighted by atomic mass is 10.1. The molecule has 2 atom stereocenters. The lowest BCUT2D eigenvalue weighted by Crippen LogP contribution is -2.46. The van der Waals surface area contributed by atoms with Crippen LogP contribution in [0.4, 0.5) is 0 Å². The molecule has 1 fully saturated rings. The second-order valence-electron chi connectivity index (χ2n) is 5.55. The number of carbonyl (C=O) groups is 2. The summed E-state index contributed by atoms with van der Waals surface area (Å²) in [5.41, 5.74) is 0.509. The molecule has 4 nitrogen and oxygen atoms in total. The van der Waals surface area contributed by atoms with Crippen LogP contribution in [0.1, 0.15) is 43.0 Å². The molecule has 2 unspecified atom stereocenters. The van der Waals surface area contributed by atoms with Crippen LogP contribution in [-0.2, 0) is 9.53 Å². The average Bonchev–Trinajstić information content (AvgIpc) is 2.97. The summed E-state index contributed by atoms with van der Waals surface area (Å²) in [5.74, 6) is 0.0655. The molecule has 0 bridgehead atoms. The van der Waals surface area contributed by atoms with Crippen molar-refractivity contribution < 1.29 is 14.3 Å². The van der Waals surface area contributed by atoms with Gasteiger partial charge in [-0.2, -0.15) is 0 Å². The predicted octanol–water partition coefficient (Wildman–Crippen LogP) is 3.98. The number of hydrogen-bond donors (Lipinski definition) is 0. The zero-order chi connectivity index (χ0) is 16.8. The molecule has 1 aliphatic heterocycles. The third kappa shape index (κ3) is 4.42. The van der Waals surface area contributed by atoms with E-state index < -0.39 is 6.04 Å². The first-order valence-electron chi connectivity index (χ1n) is 7.86. The molecule has 0 aromatic heterocycles. The molecular formula is C17H22ClNO3S. The number of unbranched alkanes of at least 4 members (excludes halogenated alkanes) is 2. The van der Waals surface area contributed by atoms with Gasteiger partial charge in [0.05, 0.1) is 12.5 Å². The maximum Gasteiger partial charge on any atom is 0.329 e. The van der Waals surface area contributed by atoms with E-state index in [1.807, 2.05) is 0 Å². The molecule has 0 saturated carbocycles. The molecule has 1 aliphatic rings.